The Morgan fingerprint density at radius 3 is 2.20 bits per heavy atom. The second-order valence-electron chi connectivity index (χ2n) is 10.1. The number of rotatable bonds is 10. The van der Waals surface area contributed by atoms with E-state index >= 15 is 0 Å². The van der Waals surface area contributed by atoms with Crippen LogP contribution < -0.4 is 9.62 Å². The number of nitrogens with one attached hydrogen (secondary N) is 1. The minimum absolute atomic E-state index is 0.0800. The number of sulfonamides is 1. The Morgan fingerprint density at radius 1 is 0.950 bits per heavy atom. The van der Waals surface area contributed by atoms with Crippen molar-refractivity contribution in [2.75, 3.05) is 10.8 Å². The average Bonchev–Trinajstić information content (AvgIpc) is 3.43. The van der Waals surface area contributed by atoms with Gasteiger partial charge in [0.05, 0.1) is 10.6 Å². The van der Waals surface area contributed by atoms with Crippen molar-refractivity contribution in [3.05, 3.63) is 92.9 Å². The summed E-state index contributed by atoms with van der Waals surface area (Å²) in [6, 6.07) is 20.1. The van der Waals surface area contributed by atoms with Gasteiger partial charge in [0.25, 0.3) is 10.0 Å². The van der Waals surface area contributed by atoms with E-state index in [1.54, 1.807) is 43.3 Å². The van der Waals surface area contributed by atoms with Gasteiger partial charge in [-0.25, -0.2) is 8.42 Å². The first-order valence-electron chi connectivity index (χ1n) is 13.2. The molecule has 3 aromatic carbocycles. The molecular weight excluding hydrogens is 658 g/mol. The van der Waals surface area contributed by atoms with Crippen LogP contribution in [-0.4, -0.2) is 43.8 Å². The summed E-state index contributed by atoms with van der Waals surface area (Å²) in [5.41, 5.74) is 2.08. The summed E-state index contributed by atoms with van der Waals surface area (Å²) in [5.74, 6) is -0.727. The highest BCUT2D eigenvalue weighted by Crippen LogP contribution is 2.27. The van der Waals surface area contributed by atoms with E-state index in [2.05, 4.69) is 37.2 Å². The number of anilines is 1. The van der Waals surface area contributed by atoms with Crippen molar-refractivity contribution in [3.8, 4) is 0 Å². The lowest BCUT2D eigenvalue weighted by molar-refractivity contribution is -0.139. The first kappa shape index (κ1) is 30.3. The molecule has 2 amide bonds. The van der Waals surface area contributed by atoms with Crippen LogP contribution in [0.5, 0.6) is 0 Å². The van der Waals surface area contributed by atoms with Crippen molar-refractivity contribution in [2.45, 2.75) is 63.1 Å². The van der Waals surface area contributed by atoms with Gasteiger partial charge < -0.3 is 10.2 Å². The number of halogens is 2. The number of benzene rings is 3. The summed E-state index contributed by atoms with van der Waals surface area (Å²) < 4.78 is 30.4. The molecule has 1 aliphatic rings. The van der Waals surface area contributed by atoms with Crippen LogP contribution in [0, 0.1) is 6.92 Å². The summed E-state index contributed by atoms with van der Waals surface area (Å²) in [5, 5.41) is 3.08. The lowest BCUT2D eigenvalue weighted by Gasteiger charge is -2.32. The molecule has 1 saturated carbocycles. The van der Waals surface area contributed by atoms with Gasteiger partial charge in [-0.15, -0.1) is 0 Å². The number of hydrogen-bond acceptors (Lipinski definition) is 4. The van der Waals surface area contributed by atoms with Gasteiger partial charge >= 0.3 is 0 Å². The molecule has 0 aromatic heterocycles. The van der Waals surface area contributed by atoms with Gasteiger partial charge in [0, 0.05) is 21.5 Å². The molecule has 40 heavy (non-hydrogen) atoms. The SMILES string of the molecule is Cc1ccc(S(=O)(=O)N(CC(=O)N(Cc2cccc(Br)c2)[C@H](C)C(=O)NC2CCCC2)c2cccc(Br)c2)cc1. The van der Waals surface area contributed by atoms with E-state index in [0.29, 0.717) is 10.2 Å². The van der Waals surface area contributed by atoms with Crippen molar-refractivity contribution in [1.82, 2.24) is 10.2 Å². The number of hydrogen-bond donors (Lipinski definition) is 1. The third kappa shape index (κ3) is 7.53. The molecule has 1 aliphatic carbocycles. The van der Waals surface area contributed by atoms with Crippen LogP contribution in [0.25, 0.3) is 0 Å². The Hall–Kier alpha value is -2.69. The largest absolute Gasteiger partial charge is 0.352 e. The number of nitrogens with zero attached hydrogens (tertiary/aromatic N) is 2. The van der Waals surface area contributed by atoms with Crippen LogP contribution in [0.4, 0.5) is 5.69 Å². The highest BCUT2D eigenvalue weighted by atomic mass is 79.9. The number of carbonyl (C=O) groups excluding carboxylic acids is 2. The maximum absolute atomic E-state index is 14.0. The smallest absolute Gasteiger partial charge is 0.264 e. The third-order valence-corrected chi connectivity index (χ3v) is 9.87. The second kappa shape index (κ2) is 13.3. The van der Waals surface area contributed by atoms with Crippen molar-refractivity contribution >= 4 is 59.4 Å². The highest BCUT2D eigenvalue weighted by Gasteiger charge is 2.33. The monoisotopic (exact) mass is 689 g/mol. The lowest BCUT2D eigenvalue weighted by atomic mass is 10.1. The van der Waals surface area contributed by atoms with Gasteiger partial charge in [0.1, 0.15) is 12.6 Å². The molecule has 7 nitrogen and oxygen atoms in total. The predicted octanol–water partition coefficient (Wildman–Crippen LogP) is 6.19. The predicted molar refractivity (Wildman–Crippen MR) is 164 cm³/mol. The Balaban J connectivity index is 1.69. The molecule has 1 atom stereocenters. The third-order valence-electron chi connectivity index (χ3n) is 7.09. The standard InChI is InChI=1S/C30H33Br2N3O4S/c1-21-13-15-28(16-14-21)40(38,39)35(27-12-6-9-25(32)18-27)20-29(36)34(19-23-7-5-8-24(31)17-23)22(2)30(37)33-26-10-3-4-11-26/h5-9,12-18,22,26H,3-4,10-11,19-20H2,1-2H3,(H,33,37)/t22-/m1/s1. The quantitative estimate of drug-likeness (QED) is 0.275. The first-order chi connectivity index (χ1) is 19.0. The zero-order valence-electron chi connectivity index (χ0n) is 22.5. The molecule has 0 bridgehead atoms. The van der Waals surface area contributed by atoms with E-state index < -0.39 is 28.5 Å². The fourth-order valence-corrected chi connectivity index (χ4v) is 7.04. The second-order valence-corrected chi connectivity index (χ2v) is 13.8. The van der Waals surface area contributed by atoms with Crippen molar-refractivity contribution in [1.29, 1.82) is 0 Å². The van der Waals surface area contributed by atoms with Crippen molar-refractivity contribution < 1.29 is 18.0 Å². The molecule has 1 N–H and O–H groups in total. The summed E-state index contributed by atoms with van der Waals surface area (Å²) in [4.78, 5) is 28.9. The van der Waals surface area contributed by atoms with E-state index in [-0.39, 0.29) is 23.4 Å². The highest BCUT2D eigenvalue weighted by molar-refractivity contribution is 9.10. The number of amides is 2. The summed E-state index contributed by atoms with van der Waals surface area (Å²) in [6.45, 7) is 3.25. The average molecular weight is 691 g/mol. The lowest BCUT2D eigenvalue weighted by Crippen LogP contribution is -2.52. The zero-order chi connectivity index (χ0) is 28.9. The molecule has 0 saturated heterocycles. The first-order valence-corrected chi connectivity index (χ1v) is 16.3. The molecule has 10 heteroatoms. The van der Waals surface area contributed by atoms with Crippen molar-refractivity contribution in [2.24, 2.45) is 0 Å². The maximum Gasteiger partial charge on any atom is 0.264 e. The zero-order valence-corrected chi connectivity index (χ0v) is 26.5. The minimum Gasteiger partial charge on any atom is -0.352 e. The molecule has 0 unspecified atom stereocenters. The number of aryl methyl sites for hydroxylation is 1. The minimum atomic E-state index is -4.10. The van der Waals surface area contributed by atoms with Crippen LogP contribution in [0.15, 0.2) is 86.6 Å². The molecular formula is C30H33Br2N3O4S. The molecule has 212 valence electrons. The molecule has 0 radical (unpaired) electrons. The Bertz CT molecular complexity index is 1460. The fraction of sp³-hybridized carbons (Fsp3) is 0.333. The van der Waals surface area contributed by atoms with Gasteiger partial charge in [0.2, 0.25) is 11.8 Å². The van der Waals surface area contributed by atoms with Gasteiger partial charge in [-0.1, -0.05) is 80.6 Å². The van der Waals surface area contributed by atoms with Gasteiger partial charge in [-0.2, -0.15) is 0 Å². The van der Waals surface area contributed by atoms with E-state index in [1.165, 1.54) is 17.0 Å². The summed E-state index contributed by atoms with van der Waals surface area (Å²) in [6.07, 6.45) is 3.98. The molecule has 0 heterocycles. The van der Waals surface area contributed by atoms with Crippen LogP contribution in [0.2, 0.25) is 0 Å². The Labute approximate surface area is 253 Å². The number of carbonyl (C=O) groups is 2. The van der Waals surface area contributed by atoms with Crippen LogP contribution in [-0.2, 0) is 26.2 Å². The topological polar surface area (TPSA) is 86.8 Å². The summed E-state index contributed by atoms with van der Waals surface area (Å²) in [7, 11) is -4.10. The molecule has 4 rings (SSSR count). The van der Waals surface area contributed by atoms with Gasteiger partial charge in [0.15, 0.2) is 0 Å². The van der Waals surface area contributed by atoms with Crippen LogP contribution in [0.1, 0.15) is 43.7 Å². The van der Waals surface area contributed by atoms with E-state index in [4.69, 9.17) is 0 Å². The fourth-order valence-electron chi connectivity index (χ4n) is 4.80. The Kier molecular flexibility index (Phi) is 10.1. The van der Waals surface area contributed by atoms with Gasteiger partial charge in [-0.3, -0.25) is 13.9 Å². The van der Waals surface area contributed by atoms with Crippen LogP contribution >= 0.6 is 31.9 Å². The van der Waals surface area contributed by atoms with E-state index in [0.717, 1.165) is 45.6 Å². The maximum atomic E-state index is 14.0. The summed E-state index contributed by atoms with van der Waals surface area (Å²) >= 11 is 6.89. The van der Waals surface area contributed by atoms with E-state index in [9.17, 15) is 18.0 Å². The molecule has 0 spiro atoms. The van der Waals surface area contributed by atoms with Gasteiger partial charge in [-0.05, 0) is 74.7 Å². The normalized spacial score (nSPS) is 14.5. The molecule has 3 aromatic rings. The van der Waals surface area contributed by atoms with Crippen molar-refractivity contribution in [3.63, 3.8) is 0 Å². The molecule has 1 fully saturated rings. The van der Waals surface area contributed by atoms with Crippen LogP contribution in [0.3, 0.4) is 0 Å². The Morgan fingerprint density at radius 2 is 1.57 bits per heavy atom. The van der Waals surface area contributed by atoms with E-state index in [1.807, 2.05) is 31.2 Å². The molecule has 0 aliphatic heterocycles.